The number of anilines is 1. The van der Waals surface area contributed by atoms with Gasteiger partial charge in [0.1, 0.15) is 11.8 Å². The van der Waals surface area contributed by atoms with E-state index < -0.39 is 0 Å². The van der Waals surface area contributed by atoms with Crippen molar-refractivity contribution < 1.29 is 4.74 Å². The molecule has 4 heteroatoms. The van der Waals surface area contributed by atoms with E-state index in [2.05, 4.69) is 11.4 Å². The fourth-order valence-electron chi connectivity index (χ4n) is 1.65. The van der Waals surface area contributed by atoms with Gasteiger partial charge in [-0.25, -0.2) is 0 Å². The summed E-state index contributed by atoms with van der Waals surface area (Å²) in [6.07, 6.45) is 1.67. The van der Waals surface area contributed by atoms with Gasteiger partial charge in [-0.05, 0) is 42.0 Å². The highest BCUT2D eigenvalue weighted by atomic mass is 35.5. The fourth-order valence-corrected chi connectivity index (χ4v) is 1.78. The van der Waals surface area contributed by atoms with Crippen LogP contribution in [0, 0.1) is 11.3 Å². The zero-order chi connectivity index (χ0) is 14.4. The number of allylic oxidation sites excluding steroid dienone is 1. The highest BCUT2D eigenvalue weighted by Crippen LogP contribution is 2.19. The van der Waals surface area contributed by atoms with Crippen LogP contribution in [0.2, 0.25) is 5.02 Å². The van der Waals surface area contributed by atoms with E-state index in [4.69, 9.17) is 16.3 Å². The molecular formula is C16H13ClN2O. The van der Waals surface area contributed by atoms with Gasteiger partial charge >= 0.3 is 0 Å². The van der Waals surface area contributed by atoms with Crippen LogP contribution < -0.4 is 10.1 Å². The van der Waals surface area contributed by atoms with Crippen LogP contribution >= 0.6 is 11.6 Å². The van der Waals surface area contributed by atoms with Crippen molar-refractivity contribution in [2.75, 3.05) is 12.4 Å². The molecule has 0 bridgehead atoms. The number of nitrogens with zero attached hydrogens (tertiary/aromatic N) is 1. The Bertz CT molecular complexity index is 640. The van der Waals surface area contributed by atoms with E-state index in [1.54, 1.807) is 25.4 Å². The molecule has 0 saturated carbocycles. The van der Waals surface area contributed by atoms with Gasteiger partial charge in [0.2, 0.25) is 0 Å². The van der Waals surface area contributed by atoms with Crippen molar-refractivity contribution in [3.05, 3.63) is 65.3 Å². The maximum absolute atomic E-state index is 9.20. The average molecular weight is 285 g/mol. The Kier molecular flexibility index (Phi) is 4.65. The van der Waals surface area contributed by atoms with Crippen molar-refractivity contribution in [2.24, 2.45) is 0 Å². The van der Waals surface area contributed by atoms with Gasteiger partial charge in [0.25, 0.3) is 0 Å². The third-order valence-electron chi connectivity index (χ3n) is 2.75. The topological polar surface area (TPSA) is 45.0 Å². The number of benzene rings is 2. The van der Waals surface area contributed by atoms with E-state index in [1.807, 2.05) is 36.4 Å². The monoisotopic (exact) mass is 284 g/mol. The number of hydrogen-bond donors (Lipinski definition) is 1. The van der Waals surface area contributed by atoms with Crippen LogP contribution in [0.25, 0.3) is 5.57 Å². The van der Waals surface area contributed by atoms with Gasteiger partial charge in [-0.2, -0.15) is 5.26 Å². The zero-order valence-electron chi connectivity index (χ0n) is 10.9. The quantitative estimate of drug-likeness (QED) is 0.850. The minimum absolute atomic E-state index is 0.539. The average Bonchev–Trinajstić information content (AvgIpc) is 2.50. The van der Waals surface area contributed by atoms with E-state index in [1.165, 1.54) is 0 Å². The van der Waals surface area contributed by atoms with Crippen LogP contribution in [0.5, 0.6) is 5.75 Å². The van der Waals surface area contributed by atoms with E-state index in [0.29, 0.717) is 10.6 Å². The van der Waals surface area contributed by atoms with Crippen LogP contribution in [0.1, 0.15) is 5.56 Å². The van der Waals surface area contributed by atoms with E-state index >= 15 is 0 Å². The first kappa shape index (κ1) is 14.0. The molecule has 2 aromatic rings. The number of halogens is 1. The molecule has 0 aliphatic rings. The normalized spacial score (nSPS) is 10.8. The molecule has 2 aromatic carbocycles. The van der Waals surface area contributed by atoms with Gasteiger partial charge in [-0.15, -0.1) is 0 Å². The lowest BCUT2D eigenvalue weighted by Crippen LogP contribution is -1.91. The van der Waals surface area contributed by atoms with E-state index in [0.717, 1.165) is 17.0 Å². The second-order valence-electron chi connectivity index (χ2n) is 4.05. The molecule has 0 amide bonds. The summed E-state index contributed by atoms with van der Waals surface area (Å²) < 4.78 is 5.09. The molecule has 1 N–H and O–H groups in total. The largest absolute Gasteiger partial charge is 0.497 e. The van der Waals surface area contributed by atoms with Crippen molar-refractivity contribution in [1.82, 2.24) is 0 Å². The maximum Gasteiger partial charge on any atom is 0.119 e. The highest BCUT2D eigenvalue weighted by molar-refractivity contribution is 6.30. The summed E-state index contributed by atoms with van der Waals surface area (Å²) in [6.45, 7) is 0. The SMILES string of the molecule is COc1ccc(N/C=C(/C#N)c2ccc(Cl)cc2)cc1. The smallest absolute Gasteiger partial charge is 0.119 e. The lowest BCUT2D eigenvalue weighted by Gasteiger charge is -2.04. The number of methoxy groups -OCH3 is 1. The summed E-state index contributed by atoms with van der Waals surface area (Å²) in [5.74, 6) is 0.790. The van der Waals surface area contributed by atoms with Crippen molar-refractivity contribution >= 4 is 22.9 Å². The van der Waals surface area contributed by atoms with Gasteiger partial charge in [-0.1, -0.05) is 23.7 Å². The van der Waals surface area contributed by atoms with Gasteiger partial charge in [0.05, 0.1) is 12.7 Å². The molecule has 0 saturated heterocycles. The Balaban J connectivity index is 2.15. The Morgan fingerprint density at radius 2 is 1.80 bits per heavy atom. The van der Waals surface area contributed by atoms with Gasteiger partial charge < -0.3 is 10.1 Å². The molecule has 0 fully saturated rings. The molecule has 2 rings (SSSR count). The van der Waals surface area contributed by atoms with Crippen LogP contribution in [0.4, 0.5) is 5.69 Å². The molecule has 100 valence electrons. The molecule has 0 aliphatic carbocycles. The first-order chi connectivity index (χ1) is 9.72. The Morgan fingerprint density at radius 3 is 2.35 bits per heavy atom. The summed E-state index contributed by atoms with van der Waals surface area (Å²) in [5, 5.41) is 12.9. The molecule has 20 heavy (non-hydrogen) atoms. The highest BCUT2D eigenvalue weighted by Gasteiger charge is 2.00. The number of ether oxygens (including phenoxy) is 1. The third-order valence-corrected chi connectivity index (χ3v) is 3.00. The standard InChI is InChI=1S/C16H13ClN2O/c1-20-16-8-6-15(7-9-16)19-11-13(10-18)12-2-4-14(17)5-3-12/h2-9,11,19H,1H3/b13-11-. The van der Waals surface area contributed by atoms with Gasteiger partial charge in [0.15, 0.2) is 0 Å². The second kappa shape index (κ2) is 6.65. The minimum Gasteiger partial charge on any atom is -0.497 e. The fraction of sp³-hybridized carbons (Fsp3) is 0.0625. The Hall–Kier alpha value is -2.44. The lowest BCUT2D eigenvalue weighted by molar-refractivity contribution is 0.415. The van der Waals surface area contributed by atoms with Gasteiger partial charge in [0, 0.05) is 16.9 Å². The molecule has 0 radical (unpaired) electrons. The zero-order valence-corrected chi connectivity index (χ0v) is 11.7. The van der Waals surface area contributed by atoms with Crippen LogP contribution in [-0.2, 0) is 0 Å². The van der Waals surface area contributed by atoms with Crippen molar-refractivity contribution in [2.45, 2.75) is 0 Å². The van der Waals surface area contributed by atoms with E-state index in [9.17, 15) is 5.26 Å². The number of hydrogen-bond acceptors (Lipinski definition) is 3. The number of nitriles is 1. The van der Waals surface area contributed by atoms with E-state index in [-0.39, 0.29) is 0 Å². The predicted octanol–water partition coefficient (Wildman–Crippen LogP) is 4.33. The van der Waals surface area contributed by atoms with Crippen LogP contribution in [-0.4, -0.2) is 7.11 Å². The Labute approximate surface area is 123 Å². The Morgan fingerprint density at radius 1 is 1.15 bits per heavy atom. The van der Waals surface area contributed by atoms with Crippen molar-refractivity contribution in [1.29, 1.82) is 5.26 Å². The molecule has 0 spiro atoms. The predicted molar refractivity (Wildman–Crippen MR) is 81.7 cm³/mol. The summed E-state index contributed by atoms with van der Waals surface area (Å²) in [5.41, 5.74) is 2.24. The van der Waals surface area contributed by atoms with Crippen LogP contribution in [0.3, 0.4) is 0 Å². The molecule has 0 aliphatic heterocycles. The van der Waals surface area contributed by atoms with Gasteiger partial charge in [-0.3, -0.25) is 0 Å². The first-order valence-corrected chi connectivity index (χ1v) is 6.37. The van der Waals surface area contributed by atoms with Crippen molar-refractivity contribution in [3.63, 3.8) is 0 Å². The number of rotatable bonds is 4. The van der Waals surface area contributed by atoms with Crippen molar-refractivity contribution in [3.8, 4) is 11.8 Å². The molecule has 0 heterocycles. The molecule has 0 atom stereocenters. The maximum atomic E-state index is 9.20. The molecule has 3 nitrogen and oxygen atoms in total. The summed E-state index contributed by atoms with van der Waals surface area (Å²) in [7, 11) is 1.62. The third kappa shape index (κ3) is 3.53. The molecule has 0 aromatic heterocycles. The number of nitrogens with one attached hydrogen (secondary N) is 1. The summed E-state index contributed by atoms with van der Waals surface area (Å²) in [4.78, 5) is 0. The lowest BCUT2D eigenvalue weighted by atomic mass is 10.1. The summed E-state index contributed by atoms with van der Waals surface area (Å²) >= 11 is 5.83. The minimum atomic E-state index is 0.539. The second-order valence-corrected chi connectivity index (χ2v) is 4.49. The molecule has 0 unspecified atom stereocenters. The molecular weight excluding hydrogens is 272 g/mol. The van der Waals surface area contributed by atoms with Crippen LogP contribution in [0.15, 0.2) is 54.7 Å². The summed E-state index contributed by atoms with van der Waals surface area (Å²) in [6, 6.07) is 16.8. The first-order valence-electron chi connectivity index (χ1n) is 6.00.